The van der Waals surface area contributed by atoms with E-state index in [0.29, 0.717) is 6.42 Å². The van der Waals surface area contributed by atoms with E-state index in [9.17, 15) is 9.90 Å². The highest BCUT2D eigenvalue weighted by Crippen LogP contribution is 2.12. The van der Waals surface area contributed by atoms with E-state index >= 15 is 0 Å². The van der Waals surface area contributed by atoms with Gasteiger partial charge in [0, 0.05) is 13.0 Å². The van der Waals surface area contributed by atoms with Crippen LogP contribution in [0.25, 0.3) is 0 Å². The number of hydrogen-bond donors (Lipinski definition) is 3. The number of aryl methyl sites for hydroxylation is 1. The Labute approximate surface area is 137 Å². The van der Waals surface area contributed by atoms with Gasteiger partial charge in [-0.2, -0.15) is 0 Å². The van der Waals surface area contributed by atoms with Gasteiger partial charge in [0.05, 0.1) is 12.1 Å². The Kier molecular flexibility index (Phi) is 6.18. The number of amides is 2. The molecule has 0 spiro atoms. The lowest BCUT2D eigenvalue weighted by molar-refractivity contribution is 0.170. The van der Waals surface area contributed by atoms with Gasteiger partial charge in [0.25, 0.3) is 0 Å². The van der Waals surface area contributed by atoms with Gasteiger partial charge in [0.15, 0.2) is 0 Å². The Bertz CT molecular complexity index is 611. The van der Waals surface area contributed by atoms with E-state index in [1.54, 1.807) is 0 Å². The molecular weight excluding hydrogens is 288 g/mol. The molecule has 0 radical (unpaired) electrons. The van der Waals surface area contributed by atoms with Gasteiger partial charge < -0.3 is 15.7 Å². The highest BCUT2D eigenvalue weighted by atomic mass is 16.3. The molecule has 2 aromatic carbocycles. The second-order valence-electron chi connectivity index (χ2n) is 5.83. The summed E-state index contributed by atoms with van der Waals surface area (Å²) in [7, 11) is 0. The number of benzene rings is 2. The maximum Gasteiger partial charge on any atom is 0.315 e. The molecule has 0 aliphatic carbocycles. The molecule has 23 heavy (non-hydrogen) atoms. The van der Waals surface area contributed by atoms with Crippen LogP contribution in [0.3, 0.4) is 0 Å². The molecule has 0 aliphatic heterocycles. The summed E-state index contributed by atoms with van der Waals surface area (Å²) in [6, 6.07) is 17.4. The average Bonchev–Trinajstić information content (AvgIpc) is 2.54. The van der Waals surface area contributed by atoms with Crippen molar-refractivity contribution in [1.29, 1.82) is 0 Å². The monoisotopic (exact) mass is 312 g/mol. The van der Waals surface area contributed by atoms with E-state index in [-0.39, 0.29) is 18.6 Å². The molecule has 2 aromatic rings. The third-order valence-electron chi connectivity index (χ3n) is 3.74. The fraction of sp³-hybridized carbons (Fsp3) is 0.316. The number of rotatable bonds is 6. The van der Waals surface area contributed by atoms with Gasteiger partial charge >= 0.3 is 6.03 Å². The van der Waals surface area contributed by atoms with Crippen LogP contribution in [0.1, 0.15) is 29.7 Å². The molecule has 4 heteroatoms. The minimum atomic E-state index is -0.599. The first-order valence-electron chi connectivity index (χ1n) is 7.87. The van der Waals surface area contributed by atoms with Crippen molar-refractivity contribution in [2.45, 2.75) is 32.4 Å². The largest absolute Gasteiger partial charge is 0.391 e. The molecule has 2 unspecified atom stereocenters. The quantitative estimate of drug-likeness (QED) is 0.768. The highest BCUT2D eigenvalue weighted by Gasteiger charge is 2.11. The predicted octanol–water partition coefficient (Wildman–Crippen LogP) is 2.96. The Morgan fingerprint density at radius 2 is 1.74 bits per heavy atom. The molecule has 2 atom stereocenters. The Hall–Kier alpha value is -2.33. The highest BCUT2D eigenvalue weighted by molar-refractivity contribution is 5.74. The zero-order valence-corrected chi connectivity index (χ0v) is 13.6. The Morgan fingerprint density at radius 1 is 1.09 bits per heavy atom. The van der Waals surface area contributed by atoms with E-state index in [1.165, 1.54) is 5.56 Å². The number of carbonyl (C=O) groups is 1. The van der Waals surface area contributed by atoms with Crippen LogP contribution in [0.15, 0.2) is 54.6 Å². The molecule has 4 nitrogen and oxygen atoms in total. The van der Waals surface area contributed by atoms with Gasteiger partial charge in [0.1, 0.15) is 0 Å². The summed E-state index contributed by atoms with van der Waals surface area (Å²) in [6.07, 6.45) is -0.0768. The summed E-state index contributed by atoms with van der Waals surface area (Å²) < 4.78 is 0. The summed E-state index contributed by atoms with van der Waals surface area (Å²) in [5.41, 5.74) is 3.29. The fourth-order valence-electron chi connectivity index (χ4n) is 2.35. The minimum absolute atomic E-state index is 0.0816. The van der Waals surface area contributed by atoms with Crippen LogP contribution >= 0.6 is 0 Å². The molecule has 0 saturated carbocycles. The van der Waals surface area contributed by atoms with Crippen LogP contribution in [0.2, 0.25) is 0 Å². The van der Waals surface area contributed by atoms with Gasteiger partial charge in [-0.15, -0.1) is 0 Å². The smallest absolute Gasteiger partial charge is 0.315 e. The fourth-order valence-corrected chi connectivity index (χ4v) is 2.35. The van der Waals surface area contributed by atoms with Gasteiger partial charge in [-0.1, -0.05) is 60.2 Å². The van der Waals surface area contributed by atoms with Crippen molar-refractivity contribution < 1.29 is 9.90 Å². The SMILES string of the molecule is Cc1ccc(C(C)NC(=O)NCC(O)Cc2ccccc2)cc1. The summed E-state index contributed by atoms with van der Waals surface area (Å²) in [5.74, 6) is 0. The van der Waals surface area contributed by atoms with Crippen LogP contribution < -0.4 is 10.6 Å². The Morgan fingerprint density at radius 3 is 2.39 bits per heavy atom. The first kappa shape index (κ1) is 17.0. The van der Waals surface area contributed by atoms with Crippen molar-refractivity contribution in [2.24, 2.45) is 0 Å². The first-order chi connectivity index (χ1) is 11.0. The van der Waals surface area contributed by atoms with Crippen molar-refractivity contribution in [3.05, 3.63) is 71.3 Å². The van der Waals surface area contributed by atoms with Crippen LogP contribution in [-0.4, -0.2) is 23.8 Å². The number of aliphatic hydroxyl groups is 1. The van der Waals surface area contributed by atoms with E-state index in [2.05, 4.69) is 10.6 Å². The van der Waals surface area contributed by atoms with Gasteiger partial charge in [-0.25, -0.2) is 4.79 Å². The van der Waals surface area contributed by atoms with Gasteiger partial charge in [-0.05, 0) is 25.0 Å². The zero-order chi connectivity index (χ0) is 16.7. The minimum Gasteiger partial charge on any atom is -0.391 e. The molecule has 0 saturated heterocycles. The molecule has 0 heterocycles. The maximum atomic E-state index is 11.9. The van der Waals surface area contributed by atoms with Crippen LogP contribution in [0.5, 0.6) is 0 Å². The standard InChI is InChI=1S/C19H24N2O2/c1-14-8-10-17(11-9-14)15(2)21-19(23)20-13-18(22)12-16-6-4-3-5-7-16/h3-11,15,18,22H,12-13H2,1-2H3,(H2,20,21,23). The molecule has 0 aromatic heterocycles. The lowest BCUT2D eigenvalue weighted by Crippen LogP contribution is -2.41. The van der Waals surface area contributed by atoms with E-state index in [4.69, 9.17) is 0 Å². The third kappa shape index (κ3) is 5.75. The molecule has 0 aliphatic rings. The number of carbonyl (C=O) groups excluding carboxylic acids is 1. The first-order valence-corrected chi connectivity index (χ1v) is 7.87. The summed E-state index contributed by atoms with van der Waals surface area (Å²) in [5, 5.41) is 15.6. The second-order valence-corrected chi connectivity index (χ2v) is 5.83. The van der Waals surface area contributed by atoms with E-state index in [0.717, 1.165) is 11.1 Å². The maximum absolute atomic E-state index is 11.9. The number of urea groups is 1. The van der Waals surface area contributed by atoms with Crippen molar-refractivity contribution >= 4 is 6.03 Å². The molecular formula is C19H24N2O2. The summed E-state index contributed by atoms with van der Waals surface area (Å²) in [6.45, 7) is 4.19. The van der Waals surface area contributed by atoms with Crippen LogP contribution in [0, 0.1) is 6.92 Å². The lowest BCUT2D eigenvalue weighted by atomic mass is 10.1. The molecule has 0 fully saturated rings. The lowest BCUT2D eigenvalue weighted by Gasteiger charge is -2.17. The topological polar surface area (TPSA) is 61.4 Å². The Balaban J connectivity index is 1.75. The van der Waals surface area contributed by atoms with Crippen LogP contribution in [0.4, 0.5) is 4.79 Å². The van der Waals surface area contributed by atoms with E-state index < -0.39 is 6.10 Å². The number of nitrogens with one attached hydrogen (secondary N) is 2. The van der Waals surface area contributed by atoms with Gasteiger partial charge in [-0.3, -0.25) is 0 Å². The number of hydrogen-bond acceptors (Lipinski definition) is 2. The molecule has 2 amide bonds. The number of aliphatic hydroxyl groups excluding tert-OH is 1. The summed E-state index contributed by atoms with van der Waals surface area (Å²) >= 11 is 0. The van der Waals surface area contributed by atoms with Crippen molar-refractivity contribution in [3.8, 4) is 0 Å². The normalized spacial score (nSPS) is 13.2. The molecule has 3 N–H and O–H groups in total. The van der Waals surface area contributed by atoms with Crippen molar-refractivity contribution in [2.75, 3.05) is 6.54 Å². The van der Waals surface area contributed by atoms with Gasteiger partial charge in [0.2, 0.25) is 0 Å². The van der Waals surface area contributed by atoms with Crippen LogP contribution in [-0.2, 0) is 6.42 Å². The molecule has 0 bridgehead atoms. The predicted molar refractivity (Wildman–Crippen MR) is 92.3 cm³/mol. The van der Waals surface area contributed by atoms with Crippen molar-refractivity contribution in [3.63, 3.8) is 0 Å². The van der Waals surface area contributed by atoms with E-state index in [1.807, 2.05) is 68.4 Å². The average molecular weight is 312 g/mol. The zero-order valence-electron chi connectivity index (χ0n) is 13.6. The van der Waals surface area contributed by atoms with Crippen molar-refractivity contribution in [1.82, 2.24) is 10.6 Å². The third-order valence-corrected chi connectivity index (χ3v) is 3.74. The second kappa shape index (κ2) is 8.34. The molecule has 122 valence electrons. The summed E-state index contributed by atoms with van der Waals surface area (Å²) in [4.78, 5) is 11.9. The molecule has 2 rings (SSSR count).